The second-order valence-corrected chi connectivity index (χ2v) is 8.95. The highest BCUT2D eigenvalue weighted by Crippen LogP contribution is 2.26. The van der Waals surface area contributed by atoms with Gasteiger partial charge in [-0.05, 0) is 61.0 Å². The Morgan fingerprint density at radius 3 is 2.27 bits per heavy atom. The van der Waals surface area contributed by atoms with Gasteiger partial charge in [-0.3, -0.25) is 9.10 Å². The van der Waals surface area contributed by atoms with Crippen LogP contribution in [-0.2, 0) is 14.8 Å². The van der Waals surface area contributed by atoms with Crippen LogP contribution in [0, 0.1) is 6.92 Å². The van der Waals surface area contributed by atoms with E-state index in [-0.39, 0.29) is 4.90 Å². The largest absolute Gasteiger partial charge is 0.497 e. The zero-order chi connectivity index (χ0) is 23.8. The van der Waals surface area contributed by atoms with Crippen molar-refractivity contribution in [2.45, 2.75) is 11.8 Å². The number of sulfonamides is 1. The molecule has 3 aromatic carbocycles. The Kier molecular flexibility index (Phi) is 7.68. The monoisotopic (exact) mass is 467 g/mol. The van der Waals surface area contributed by atoms with E-state index in [9.17, 15) is 13.2 Å². The van der Waals surface area contributed by atoms with Gasteiger partial charge >= 0.3 is 0 Å². The molecule has 0 spiro atoms. The maximum Gasteiger partial charge on any atom is 0.264 e. The van der Waals surface area contributed by atoms with E-state index in [2.05, 4.69) is 10.5 Å². The lowest BCUT2D eigenvalue weighted by molar-refractivity contribution is -0.119. The smallest absolute Gasteiger partial charge is 0.264 e. The van der Waals surface area contributed by atoms with E-state index in [4.69, 9.17) is 9.47 Å². The second kappa shape index (κ2) is 10.6. The summed E-state index contributed by atoms with van der Waals surface area (Å²) in [6.07, 6.45) is 1.45. The van der Waals surface area contributed by atoms with Crippen LogP contribution in [0.25, 0.3) is 0 Å². The van der Waals surface area contributed by atoms with Crippen molar-refractivity contribution in [3.63, 3.8) is 0 Å². The number of hydrazone groups is 1. The van der Waals surface area contributed by atoms with E-state index in [0.717, 1.165) is 9.87 Å². The minimum absolute atomic E-state index is 0.0802. The van der Waals surface area contributed by atoms with E-state index in [1.165, 1.54) is 25.5 Å². The van der Waals surface area contributed by atoms with Gasteiger partial charge in [-0.1, -0.05) is 29.8 Å². The molecule has 172 valence electrons. The molecule has 3 rings (SSSR count). The van der Waals surface area contributed by atoms with Gasteiger partial charge in [0.1, 0.15) is 18.0 Å². The fourth-order valence-corrected chi connectivity index (χ4v) is 4.39. The first kappa shape index (κ1) is 23.8. The summed E-state index contributed by atoms with van der Waals surface area (Å²) in [5.74, 6) is 0.625. The average molecular weight is 468 g/mol. The van der Waals surface area contributed by atoms with Gasteiger partial charge in [0.25, 0.3) is 15.9 Å². The topological polar surface area (TPSA) is 97.3 Å². The molecule has 0 aliphatic carbocycles. The summed E-state index contributed by atoms with van der Waals surface area (Å²) in [5.41, 5.74) is 4.35. The van der Waals surface area contributed by atoms with Crippen molar-refractivity contribution in [2.24, 2.45) is 5.10 Å². The molecule has 8 nitrogen and oxygen atoms in total. The first-order chi connectivity index (χ1) is 15.8. The van der Waals surface area contributed by atoms with Crippen LogP contribution in [0.15, 0.2) is 82.8 Å². The highest BCUT2D eigenvalue weighted by Gasteiger charge is 2.27. The molecule has 0 heterocycles. The van der Waals surface area contributed by atoms with E-state index >= 15 is 0 Å². The van der Waals surface area contributed by atoms with Gasteiger partial charge in [-0.15, -0.1) is 0 Å². The van der Waals surface area contributed by atoms with E-state index in [0.29, 0.717) is 22.7 Å². The van der Waals surface area contributed by atoms with Crippen molar-refractivity contribution in [1.82, 2.24) is 5.43 Å². The molecule has 3 aromatic rings. The number of rotatable bonds is 9. The van der Waals surface area contributed by atoms with Crippen LogP contribution in [0.4, 0.5) is 5.69 Å². The number of methoxy groups -OCH3 is 2. The first-order valence-electron chi connectivity index (χ1n) is 10.0. The average Bonchev–Trinajstić information content (AvgIpc) is 2.83. The summed E-state index contributed by atoms with van der Waals surface area (Å²) < 4.78 is 38.1. The molecular weight excluding hydrogens is 442 g/mol. The van der Waals surface area contributed by atoms with Crippen molar-refractivity contribution in [3.8, 4) is 11.5 Å². The van der Waals surface area contributed by atoms with Crippen LogP contribution in [-0.4, -0.2) is 41.3 Å². The predicted octanol–water partition coefficient (Wildman–Crippen LogP) is 3.36. The van der Waals surface area contributed by atoms with Gasteiger partial charge in [0.15, 0.2) is 0 Å². The maximum absolute atomic E-state index is 13.4. The maximum atomic E-state index is 13.4. The van der Waals surface area contributed by atoms with Crippen molar-refractivity contribution in [2.75, 3.05) is 25.1 Å². The summed E-state index contributed by atoms with van der Waals surface area (Å²) in [4.78, 5) is 12.7. The minimum atomic E-state index is -4.01. The lowest BCUT2D eigenvalue weighted by atomic mass is 10.2. The second-order valence-electron chi connectivity index (χ2n) is 7.09. The number of ether oxygens (including phenoxy) is 2. The number of hydrogen-bond acceptors (Lipinski definition) is 6. The van der Waals surface area contributed by atoms with Crippen molar-refractivity contribution in [1.29, 1.82) is 0 Å². The SMILES string of the molecule is COc1ccc(N(CC(=O)N/N=C\c2cccc(OC)c2)S(=O)(=O)c2ccc(C)cc2)cc1. The third-order valence-corrected chi connectivity index (χ3v) is 6.54. The molecule has 1 N–H and O–H groups in total. The first-order valence-corrected chi connectivity index (χ1v) is 11.5. The Labute approximate surface area is 193 Å². The van der Waals surface area contributed by atoms with Crippen LogP contribution in [0.2, 0.25) is 0 Å². The number of hydrogen-bond donors (Lipinski definition) is 1. The third kappa shape index (κ3) is 6.11. The molecule has 0 radical (unpaired) electrons. The van der Waals surface area contributed by atoms with Crippen LogP contribution in [0.5, 0.6) is 11.5 Å². The van der Waals surface area contributed by atoms with Gasteiger partial charge in [-0.2, -0.15) is 5.10 Å². The highest BCUT2D eigenvalue weighted by atomic mass is 32.2. The number of nitrogens with one attached hydrogen (secondary N) is 1. The third-order valence-electron chi connectivity index (χ3n) is 4.75. The Balaban J connectivity index is 1.83. The van der Waals surface area contributed by atoms with Crippen LogP contribution in [0.1, 0.15) is 11.1 Å². The molecule has 1 amide bonds. The van der Waals surface area contributed by atoms with Gasteiger partial charge in [-0.25, -0.2) is 13.8 Å². The number of carbonyl (C=O) groups excluding carboxylic acids is 1. The van der Waals surface area contributed by atoms with Gasteiger partial charge < -0.3 is 9.47 Å². The molecular formula is C24H25N3O5S. The lowest BCUT2D eigenvalue weighted by Gasteiger charge is -2.24. The molecule has 9 heteroatoms. The molecule has 0 saturated heterocycles. The Morgan fingerprint density at radius 1 is 0.970 bits per heavy atom. The summed E-state index contributed by atoms with van der Waals surface area (Å²) >= 11 is 0. The number of aryl methyl sites for hydroxylation is 1. The van der Waals surface area contributed by atoms with Gasteiger partial charge in [0.2, 0.25) is 0 Å². The zero-order valence-electron chi connectivity index (χ0n) is 18.6. The Hall–Kier alpha value is -3.85. The summed E-state index contributed by atoms with van der Waals surface area (Å²) in [5, 5.41) is 3.94. The Morgan fingerprint density at radius 2 is 1.64 bits per heavy atom. The molecule has 0 aliphatic rings. The van der Waals surface area contributed by atoms with Crippen LogP contribution >= 0.6 is 0 Å². The summed E-state index contributed by atoms with van der Waals surface area (Å²) in [7, 11) is -0.935. The van der Waals surface area contributed by atoms with Gasteiger partial charge in [0, 0.05) is 0 Å². The Bertz CT molecular complexity index is 1220. The van der Waals surface area contributed by atoms with Crippen LogP contribution < -0.4 is 19.2 Å². The summed E-state index contributed by atoms with van der Waals surface area (Å²) in [6, 6.07) is 20.0. The number of amides is 1. The van der Waals surface area contributed by atoms with Crippen molar-refractivity contribution < 1.29 is 22.7 Å². The summed E-state index contributed by atoms with van der Waals surface area (Å²) in [6.45, 7) is 1.41. The number of carbonyl (C=O) groups is 1. The van der Waals surface area contributed by atoms with Crippen molar-refractivity contribution >= 4 is 27.8 Å². The standard InChI is InChI=1S/C24H25N3O5S/c1-18-7-13-23(14-8-18)33(29,30)27(20-9-11-21(31-2)12-10-20)17-24(28)26-25-16-19-5-4-6-22(15-19)32-3/h4-16H,17H2,1-3H3,(H,26,28)/b25-16-. The van der Waals surface area contributed by atoms with E-state index < -0.39 is 22.5 Å². The number of anilines is 1. The molecule has 33 heavy (non-hydrogen) atoms. The normalized spacial score (nSPS) is 11.2. The zero-order valence-corrected chi connectivity index (χ0v) is 19.4. The predicted molar refractivity (Wildman–Crippen MR) is 127 cm³/mol. The van der Waals surface area contributed by atoms with Crippen LogP contribution in [0.3, 0.4) is 0 Å². The molecule has 0 atom stereocenters. The number of benzene rings is 3. The molecule has 0 bridgehead atoms. The van der Waals surface area contributed by atoms with Gasteiger partial charge in [0.05, 0.1) is 31.0 Å². The van der Waals surface area contributed by atoms with Crippen molar-refractivity contribution in [3.05, 3.63) is 83.9 Å². The molecule has 0 fully saturated rings. The molecule has 0 aromatic heterocycles. The minimum Gasteiger partial charge on any atom is -0.497 e. The van der Waals surface area contributed by atoms with E-state index in [1.807, 2.05) is 6.92 Å². The quantitative estimate of drug-likeness (QED) is 0.384. The fraction of sp³-hybridized carbons (Fsp3) is 0.167. The lowest BCUT2D eigenvalue weighted by Crippen LogP contribution is -2.39. The van der Waals surface area contributed by atoms with E-state index in [1.54, 1.807) is 67.8 Å². The fourth-order valence-electron chi connectivity index (χ4n) is 2.97. The highest BCUT2D eigenvalue weighted by molar-refractivity contribution is 7.92. The number of nitrogens with zero attached hydrogens (tertiary/aromatic N) is 2. The molecule has 0 unspecified atom stereocenters. The molecule has 0 aliphatic heterocycles. The molecule has 0 saturated carbocycles.